The van der Waals surface area contributed by atoms with Gasteiger partial charge < -0.3 is 5.32 Å². The highest BCUT2D eigenvalue weighted by atomic mass is 16.1. The van der Waals surface area contributed by atoms with Crippen LogP contribution in [0.25, 0.3) is 5.69 Å². The van der Waals surface area contributed by atoms with E-state index in [1.54, 1.807) is 6.20 Å². The molecule has 0 saturated heterocycles. The largest absolute Gasteiger partial charge is 0.310 e. The number of hydrogen-bond acceptors (Lipinski definition) is 4. The van der Waals surface area contributed by atoms with E-state index in [-0.39, 0.29) is 11.8 Å². The number of carbonyl (C=O) groups is 1. The van der Waals surface area contributed by atoms with Crippen molar-refractivity contribution in [3.63, 3.8) is 0 Å². The first-order chi connectivity index (χ1) is 14.7. The fourth-order valence-corrected chi connectivity index (χ4v) is 4.85. The maximum atomic E-state index is 13.1. The summed E-state index contributed by atoms with van der Waals surface area (Å²) in [5.41, 5.74) is 3.52. The summed E-state index contributed by atoms with van der Waals surface area (Å²) < 4.78 is 2.25. The molecule has 1 amide bonds. The summed E-state index contributed by atoms with van der Waals surface area (Å²) in [6.45, 7) is 2.10. The van der Waals surface area contributed by atoms with Crippen molar-refractivity contribution in [2.45, 2.75) is 57.8 Å². The highest BCUT2D eigenvalue weighted by Gasteiger charge is 2.31. The lowest BCUT2D eigenvalue weighted by molar-refractivity contribution is -0.119. The number of amides is 1. The minimum atomic E-state index is -0.211. The molecule has 0 bridgehead atoms. The molecule has 2 aliphatic rings. The Hall–Kier alpha value is -3.02. The Morgan fingerprint density at radius 1 is 1.07 bits per heavy atom. The number of rotatable bonds is 3. The van der Waals surface area contributed by atoms with Crippen molar-refractivity contribution in [2.24, 2.45) is 5.92 Å². The van der Waals surface area contributed by atoms with Crippen molar-refractivity contribution in [1.29, 1.82) is 0 Å². The van der Waals surface area contributed by atoms with Crippen LogP contribution in [0.4, 0.5) is 5.82 Å². The number of aromatic nitrogens is 4. The standard InChI is InChI=1S/C24H27N5O/c1-16-10-11-20-18(13-16)14-19(24(30)26-21-9-5-6-12-25-21)15-22-27-28-23(29(20)22)17-7-3-2-4-8-17/h5-6,9-13,17,19H,2-4,7-8,14-15H2,1H3,(H,25,26,30). The Kier molecular flexibility index (Phi) is 5.07. The lowest BCUT2D eigenvalue weighted by atomic mass is 9.88. The monoisotopic (exact) mass is 401 g/mol. The number of hydrogen-bond donors (Lipinski definition) is 1. The minimum Gasteiger partial charge on any atom is -0.310 e. The molecular weight excluding hydrogens is 374 g/mol. The predicted molar refractivity (Wildman–Crippen MR) is 116 cm³/mol. The van der Waals surface area contributed by atoms with Gasteiger partial charge in [-0.2, -0.15) is 0 Å². The van der Waals surface area contributed by atoms with E-state index in [0.29, 0.717) is 24.6 Å². The Morgan fingerprint density at radius 2 is 1.93 bits per heavy atom. The van der Waals surface area contributed by atoms with E-state index in [9.17, 15) is 4.79 Å². The topological polar surface area (TPSA) is 72.7 Å². The van der Waals surface area contributed by atoms with Crippen LogP contribution in [0.15, 0.2) is 42.6 Å². The van der Waals surface area contributed by atoms with Gasteiger partial charge in [0.1, 0.15) is 17.5 Å². The van der Waals surface area contributed by atoms with Crippen LogP contribution in [-0.2, 0) is 17.6 Å². The second-order valence-electron chi connectivity index (χ2n) is 8.59. The third kappa shape index (κ3) is 3.62. The maximum absolute atomic E-state index is 13.1. The lowest BCUT2D eigenvalue weighted by Gasteiger charge is -2.22. The molecule has 3 heterocycles. The van der Waals surface area contributed by atoms with Crippen molar-refractivity contribution in [2.75, 3.05) is 5.32 Å². The van der Waals surface area contributed by atoms with Gasteiger partial charge in [-0.05, 0) is 49.9 Å². The van der Waals surface area contributed by atoms with Gasteiger partial charge in [0.2, 0.25) is 5.91 Å². The van der Waals surface area contributed by atoms with Crippen LogP contribution in [0.3, 0.4) is 0 Å². The summed E-state index contributed by atoms with van der Waals surface area (Å²) in [6, 6.07) is 12.0. The van der Waals surface area contributed by atoms with E-state index in [2.05, 4.69) is 50.2 Å². The molecule has 1 N–H and O–H groups in total. The molecule has 1 aliphatic heterocycles. The van der Waals surface area contributed by atoms with Gasteiger partial charge in [0.25, 0.3) is 0 Å². The number of fused-ring (bicyclic) bond motifs is 3. The molecule has 3 aromatic rings. The SMILES string of the molecule is Cc1ccc2c(c1)CC(C(=O)Nc1ccccn1)Cc1nnc(C3CCCCC3)n1-2. The fourth-order valence-electron chi connectivity index (χ4n) is 4.85. The molecule has 0 radical (unpaired) electrons. The van der Waals surface area contributed by atoms with Crippen LogP contribution in [0.5, 0.6) is 0 Å². The van der Waals surface area contributed by atoms with E-state index in [1.807, 2.05) is 18.2 Å². The normalized spacial score (nSPS) is 18.9. The number of nitrogens with one attached hydrogen (secondary N) is 1. The van der Waals surface area contributed by atoms with Crippen LogP contribution in [0, 0.1) is 12.8 Å². The minimum absolute atomic E-state index is 0.0168. The van der Waals surface area contributed by atoms with Crippen LogP contribution >= 0.6 is 0 Å². The van der Waals surface area contributed by atoms with Crippen molar-refractivity contribution in [1.82, 2.24) is 19.7 Å². The van der Waals surface area contributed by atoms with Gasteiger partial charge >= 0.3 is 0 Å². The molecular formula is C24H27N5O. The van der Waals surface area contributed by atoms with Gasteiger partial charge in [-0.1, -0.05) is 43.0 Å². The molecule has 30 heavy (non-hydrogen) atoms. The molecule has 154 valence electrons. The molecule has 6 heteroatoms. The van der Waals surface area contributed by atoms with Crippen molar-refractivity contribution in [3.05, 3.63) is 65.4 Å². The summed E-state index contributed by atoms with van der Waals surface area (Å²) in [7, 11) is 0. The number of aryl methyl sites for hydroxylation is 1. The number of benzene rings is 1. The number of anilines is 1. The number of pyridine rings is 1. The van der Waals surface area contributed by atoms with Crippen molar-refractivity contribution in [3.8, 4) is 5.69 Å². The average Bonchev–Trinajstić information content (AvgIpc) is 3.11. The van der Waals surface area contributed by atoms with E-state index >= 15 is 0 Å². The first-order valence-corrected chi connectivity index (χ1v) is 10.9. The molecule has 0 spiro atoms. The van der Waals surface area contributed by atoms with Gasteiger partial charge in [-0.25, -0.2) is 4.98 Å². The average molecular weight is 402 g/mol. The number of nitrogens with zero attached hydrogens (tertiary/aromatic N) is 4. The molecule has 1 unspecified atom stereocenters. The third-order valence-corrected chi connectivity index (χ3v) is 6.38. The van der Waals surface area contributed by atoms with Gasteiger partial charge in [-0.3, -0.25) is 9.36 Å². The third-order valence-electron chi connectivity index (χ3n) is 6.38. The quantitative estimate of drug-likeness (QED) is 0.707. The molecule has 1 aromatic carbocycles. The zero-order valence-corrected chi connectivity index (χ0v) is 17.3. The van der Waals surface area contributed by atoms with Gasteiger partial charge in [0.15, 0.2) is 0 Å². The highest BCUT2D eigenvalue weighted by Crippen LogP contribution is 2.36. The molecule has 1 aliphatic carbocycles. The fraction of sp³-hybridized carbons (Fsp3) is 0.417. The van der Waals surface area contributed by atoms with Gasteiger partial charge in [-0.15, -0.1) is 10.2 Å². The molecule has 1 fully saturated rings. The summed E-state index contributed by atoms with van der Waals surface area (Å²) >= 11 is 0. The van der Waals surface area contributed by atoms with Gasteiger partial charge in [0.05, 0.1) is 5.69 Å². The molecule has 5 rings (SSSR count). The number of carbonyl (C=O) groups excluding carboxylic acids is 1. The van der Waals surface area contributed by atoms with E-state index in [0.717, 1.165) is 17.3 Å². The predicted octanol–water partition coefficient (Wildman–Crippen LogP) is 4.37. The van der Waals surface area contributed by atoms with Crippen molar-refractivity contribution >= 4 is 11.7 Å². The van der Waals surface area contributed by atoms with E-state index < -0.39 is 0 Å². The second kappa shape index (κ2) is 8.01. The van der Waals surface area contributed by atoms with Crippen LogP contribution in [0.1, 0.15) is 60.8 Å². The van der Waals surface area contributed by atoms with Crippen LogP contribution < -0.4 is 5.32 Å². The van der Waals surface area contributed by atoms with E-state index in [4.69, 9.17) is 0 Å². The molecule has 6 nitrogen and oxygen atoms in total. The van der Waals surface area contributed by atoms with E-state index in [1.165, 1.54) is 43.2 Å². The summed E-state index contributed by atoms with van der Waals surface area (Å²) in [5.74, 6) is 2.77. The Morgan fingerprint density at radius 3 is 2.73 bits per heavy atom. The summed E-state index contributed by atoms with van der Waals surface area (Å²) in [4.78, 5) is 17.4. The molecule has 2 aromatic heterocycles. The molecule has 1 saturated carbocycles. The van der Waals surface area contributed by atoms with Crippen LogP contribution in [0.2, 0.25) is 0 Å². The highest BCUT2D eigenvalue weighted by molar-refractivity contribution is 5.92. The Balaban J connectivity index is 1.52. The summed E-state index contributed by atoms with van der Waals surface area (Å²) in [6.07, 6.45) is 9.10. The maximum Gasteiger partial charge on any atom is 0.229 e. The lowest BCUT2D eigenvalue weighted by Crippen LogP contribution is -2.26. The smallest absolute Gasteiger partial charge is 0.229 e. The second-order valence-corrected chi connectivity index (χ2v) is 8.59. The first kappa shape index (κ1) is 19.0. The molecule has 1 atom stereocenters. The first-order valence-electron chi connectivity index (χ1n) is 10.9. The Bertz CT molecular complexity index is 1050. The van der Waals surface area contributed by atoms with Gasteiger partial charge in [0, 0.05) is 24.5 Å². The Labute approximate surface area is 176 Å². The van der Waals surface area contributed by atoms with Crippen LogP contribution in [-0.4, -0.2) is 25.7 Å². The van der Waals surface area contributed by atoms with Crippen molar-refractivity contribution < 1.29 is 4.79 Å². The summed E-state index contributed by atoms with van der Waals surface area (Å²) in [5, 5.41) is 12.2. The zero-order chi connectivity index (χ0) is 20.5. The zero-order valence-electron chi connectivity index (χ0n) is 17.3.